The average molecular weight is 364 g/mol. The lowest BCUT2D eigenvalue weighted by Gasteiger charge is -2.17. The summed E-state index contributed by atoms with van der Waals surface area (Å²) < 4.78 is 2.92. The largest absolute Gasteiger partial charge is 0.341 e. The molecule has 0 aliphatic carbocycles. The van der Waals surface area contributed by atoms with Crippen LogP contribution in [0.5, 0.6) is 0 Å². The topological polar surface area (TPSA) is 38.1 Å². The Morgan fingerprint density at radius 1 is 1.27 bits per heavy atom. The zero-order valence-corrected chi connectivity index (χ0v) is 15.1. The van der Waals surface area contributed by atoms with Crippen LogP contribution in [0.25, 0.3) is 0 Å². The van der Waals surface area contributed by atoms with Crippen molar-refractivity contribution in [3.05, 3.63) is 51.3 Å². The van der Waals surface area contributed by atoms with Crippen molar-refractivity contribution < 1.29 is 4.79 Å². The van der Waals surface area contributed by atoms with Crippen LogP contribution in [0.2, 0.25) is 0 Å². The Balaban J connectivity index is 1.92. The van der Waals surface area contributed by atoms with E-state index in [1.807, 2.05) is 56.9 Å². The maximum Gasteiger partial charge on any atom is 0.222 e. The summed E-state index contributed by atoms with van der Waals surface area (Å²) in [6.45, 7) is 4.68. The van der Waals surface area contributed by atoms with Gasteiger partial charge in [0.1, 0.15) is 0 Å². The van der Waals surface area contributed by atoms with Crippen molar-refractivity contribution in [2.75, 3.05) is 7.05 Å². The molecule has 4 nitrogen and oxygen atoms in total. The van der Waals surface area contributed by atoms with E-state index in [1.165, 1.54) is 5.56 Å². The minimum atomic E-state index is 0.158. The van der Waals surface area contributed by atoms with E-state index in [0.29, 0.717) is 13.0 Å². The third-order valence-electron chi connectivity index (χ3n) is 4.01. The van der Waals surface area contributed by atoms with Gasteiger partial charge < -0.3 is 4.90 Å². The highest BCUT2D eigenvalue weighted by Gasteiger charge is 2.14. The summed E-state index contributed by atoms with van der Waals surface area (Å²) in [6.07, 6.45) is 1.26. The van der Waals surface area contributed by atoms with Gasteiger partial charge in [0.15, 0.2) is 0 Å². The molecule has 0 unspecified atom stereocenters. The molecular formula is C17H22BrN3O. The molecule has 22 heavy (non-hydrogen) atoms. The van der Waals surface area contributed by atoms with Gasteiger partial charge in [-0.25, -0.2) is 0 Å². The van der Waals surface area contributed by atoms with Gasteiger partial charge in [0.25, 0.3) is 0 Å². The Morgan fingerprint density at radius 3 is 2.45 bits per heavy atom. The van der Waals surface area contributed by atoms with E-state index in [4.69, 9.17) is 0 Å². The highest BCUT2D eigenvalue weighted by Crippen LogP contribution is 2.16. The first-order valence-electron chi connectivity index (χ1n) is 7.36. The van der Waals surface area contributed by atoms with E-state index < -0.39 is 0 Å². The number of hydrogen-bond acceptors (Lipinski definition) is 2. The van der Waals surface area contributed by atoms with Crippen LogP contribution in [0.3, 0.4) is 0 Å². The van der Waals surface area contributed by atoms with Crippen LogP contribution in [0.1, 0.15) is 28.9 Å². The Kier molecular flexibility index (Phi) is 5.40. The molecule has 0 saturated heterocycles. The van der Waals surface area contributed by atoms with Crippen LogP contribution in [0, 0.1) is 13.8 Å². The molecule has 1 amide bonds. The molecule has 0 bridgehead atoms. The zero-order chi connectivity index (χ0) is 16.3. The monoisotopic (exact) mass is 363 g/mol. The molecule has 0 saturated carbocycles. The fraction of sp³-hybridized carbons (Fsp3) is 0.412. The van der Waals surface area contributed by atoms with E-state index in [-0.39, 0.29) is 5.91 Å². The molecule has 1 aromatic carbocycles. The summed E-state index contributed by atoms with van der Waals surface area (Å²) in [4.78, 5) is 14.1. The van der Waals surface area contributed by atoms with Crippen molar-refractivity contribution in [1.82, 2.24) is 14.7 Å². The lowest BCUT2D eigenvalue weighted by atomic mass is 10.1. The van der Waals surface area contributed by atoms with Crippen molar-refractivity contribution in [2.24, 2.45) is 7.05 Å². The molecule has 2 aromatic rings. The number of amides is 1. The number of rotatable bonds is 5. The summed E-state index contributed by atoms with van der Waals surface area (Å²) in [7, 11) is 3.79. The number of halogens is 1. The van der Waals surface area contributed by atoms with Crippen LogP contribution >= 0.6 is 15.9 Å². The van der Waals surface area contributed by atoms with Gasteiger partial charge in [0.05, 0.1) is 5.69 Å². The fourth-order valence-corrected chi connectivity index (χ4v) is 2.82. The van der Waals surface area contributed by atoms with Crippen LogP contribution < -0.4 is 0 Å². The summed E-state index contributed by atoms with van der Waals surface area (Å²) >= 11 is 3.42. The first-order chi connectivity index (χ1) is 10.4. The molecule has 5 heteroatoms. The van der Waals surface area contributed by atoms with Gasteiger partial charge in [-0.15, -0.1) is 0 Å². The maximum absolute atomic E-state index is 12.3. The molecule has 0 aliphatic rings. The number of benzene rings is 1. The number of aromatic nitrogens is 2. The molecule has 118 valence electrons. The van der Waals surface area contributed by atoms with Gasteiger partial charge in [-0.05, 0) is 43.5 Å². The zero-order valence-electron chi connectivity index (χ0n) is 13.6. The molecule has 2 rings (SSSR count). The van der Waals surface area contributed by atoms with Gasteiger partial charge in [-0.3, -0.25) is 9.48 Å². The number of hydrogen-bond donors (Lipinski definition) is 0. The second kappa shape index (κ2) is 7.09. The molecule has 0 aliphatic heterocycles. The van der Waals surface area contributed by atoms with E-state index in [9.17, 15) is 4.79 Å². The normalized spacial score (nSPS) is 10.8. The van der Waals surface area contributed by atoms with E-state index in [1.54, 1.807) is 4.90 Å². The highest BCUT2D eigenvalue weighted by molar-refractivity contribution is 9.10. The Bertz CT molecular complexity index is 661. The Hall–Kier alpha value is -1.62. The fourth-order valence-electron chi connectivity index (χ4n) is 2.55. The Labute approximate surface area is 140 Å². The van der Waals surface area contributed by atoms with Gasteiger partial charge in [-0.2, -0.15) is 5.10 Å². The van der Waals surface area contributed by atoms with Crippen molar-refractivity contribution in [3.8, 4) is 0 Å². The molecule has 0 N–H and O–H groups in total. The molecule has 0 fully saturated rings. The second-order valence-corrected chi connectivity index (χ2v) is 6.56. The Morgan fingerprint density at radius 2 is 1.91 bits per heavy atom. The third kappa shape index (κ3) is 3.97. The van der Waals surface area contributed by atoms with Gasteiger partial charge >= 0.3 is 0 Å². The lowest BCUT2D eigenvalue weighted by molar-refractivity contribution is -0.130. The summed E-state index contributed by atoms with van der Waals surface area (Å²) in [5.41, 5.74) is 4.48. The number of carbonyl (C=O) groups is 1. The number of carbonyl (C=O) groups excluding carboxylic acids is 1. The lowest BCUT2D eigenvalue weighted by Crippen LogP contribution is -2.26. The SMILES string of the molecule is Cc1nn(C)c(C)c1CCC(=O)N(C)Cc1ccc(Br)cc1. The minimum Gasteiger partial charge on any atom is -0.341 e. The van der Waals surface area contributed by atoms with E-state index in [2.05, 4.69) is 21.0 Å². The predicted octanol–water partition coefficient (Wildman–Crippen LogP) is 3.39. The van der Waals surface area contributed by atoms with Crippen LogP contribution in [-0.2, 0) is 24.8 Å². The average Bonchev–Trinajstić information content (AvgIpc) is 2.72. The quantitative estimate of drug-likeness (QED) is 0.816. The molecule has 0 atom stereocenters. The highest BCUT2D eigenvalue weighted by atomic mass is 79.9. The summed E-state index contributed by atoms with van der Waals surface area (Å²) in [5.74, 6) is 0.158. The number of nitrogens with zero attached hydrogens (tertiary/aromatic N) is 3. The first kappa shape index (κ1) is 16.7. The number of aryl methyl sites for hydroxylation is 2. The maximum atomic E-state index is 12.3. The molecular weight excluding hydrogens is 342 g/mol. The van der Waals surface area contributed by atoms with Gasteiger partial charge in [0.2, 0.25) is 5.91 Å². The van der Waals surface area contributed by atoms with Gasteiger partial charge in [0, 0.05) is 37.2 Å². The molecule has 1 aromatic heterocycles. The minimum absolute atomic E-state index is 0.158. The standard InChI is InChI=1S/C17H22BrN3O/c1-12-16(13(2)21(4)19-12)9-10-17(22)20(3)11-14-5-7-15(18)8-6-14/h5-8H,9-11H2,1-4H3. The van der Waals surface area contributed by atoms with Crippen molar-refractivity contribution in [3.63, 3.8) is 0 Å². The van der Waals surface area contributed by atoms with Crippen LogP contribution in [0.4, 0.5) is 0 Å². The third-order valence-corrected chi connectivity index (χ3v) is 4.54. The van der Waals surface area contributed by atoms with Crippen molar-refractivity contribution >= 4 is 21.8 Å². The summed E-state index contributed by atoms with van der Waals surface area (Å²) in [6, 6.07) is 8.05. The van der Waals surface area contributed by atoms with Crippen LogP contribution in [-0.4, -0.2) is 27.6 Å². The van der Waals surface area contributed by atoms with Crippen molar-refractivity contribution in [1.29, 1.82) is 0 Å². The first-order valence-corrected chi connectivity index (χ1v) is 8.15. The summed E-state index contributed by atoms with van der Waals surface area (Å²) in [5, 5.41) is 4.40. The van der Waals surface area contributed by atoms with Crippen LogP contribution in [0.15, 0.2) is 28.7 Å². The smallest absolute Gasteiger partial charge is 0.222 e. The van der Waals surface area contributed by atoms with E-state index >= 15 is 0 Å². The van der Waals surface area contributed by atoms with E-state index in [0.717, 1.165) is 27.8 Å². The predicted molar refractivity (Wildman–Crippen MR) is 91.6 cm³/mol. The molecule has 0 radical (unpaired) electrons. The molecule has 1 heterocycles. The molecule has 0 spiro atoms. The van der Waals surface area contributed by atoms with Crippen molar-refractivity contribution in [2.45, 2.75) is 33.2 Å². The van der Waals surface area contributed by atoms with Gasteiger partial charge in [-0.1, -0.05) is 28.1 Å². The second-order valence-electron chi connectivity index (χ2n) is 5.65.